The molecule has 0 radical (unpaired) electrons. The number of rotatable bonds is 5. The van der Waals surface area contributed by atoms with Gasteiger partial charge in [-0.15, -0.1) is 11.8 Å². The molecule has 0 atom stereocenters. The lowest BCUT2D eigenvalue weighted by Crippen LogP contribution is -2.21. The van der Waals surface area contributed by atoms with Crippen LogP contribution in [0.3, 0.4) is 0 Å². The van der Waals surface area contributed by atoms with Gasteiger partial charge in [-0.1, -0.05) is 36.1 Å². The zero-order valence-electron chi connectivity index (χ0n) is 18.3. The van der Waals surface area contributed by atoms with Crippen LogP contribution in [0.1, 0.15) is 16.7 Å². The molecule has 0 aliphatic heterocycles. The maximum Gasteiger partial charge on any atom is 0.261 e. The Morgan fingerprint density at radius 3 is 2.33 bits per heavy atom. The van der Waals surface area contributed by atoms with E-state index in [4.69, 9.17) is 0 Å². The quantitative estimate of drug-likeness (QED) is 0.321. The molecule has 0 aliphatic carbocycles. The van der Waals surface area contributed by atoms with Crippen LogP contribution in [0.15, 0.2) is 87.6 Å². The van der Waals surface area contributed by atoms with E-state index in [0.717, 1.165) is 16.7 Å². The van der Waals surface area contributed by atoms with Gasteiger partial charge in [-0.25, -0.2) is 13.4 Å². The molecule has 33 heavy (non-hydrogen) atoms. The van der Waals surface area contributed by atoms with E-state index in [9.17, 15) is 13.2 Å². The molecule has 1 aromatic heterocycles. The minimum absolute atomic E-state index is 0.163. The largest absolute Gasteiger partial charge is 0.294 e. The predicted molar refractivity (Wildman–Crippen MR) is 133 cm³/mol. The summed E-state index contributed by atoms with van der Waals surface area (Å²) >= 11 is 1.71. The molecule has 0 bridgehead atoms. The van der Waals surface area contributed by atoms with Gasteiger partial charge in [-0.2, -0.15) is 0 Å². The number of benzene rings is 3. The topological polar surface area (TPSA) is 69.0 Å². The zero-order chi connectivity index (χ0) is 23.4. The van der Waals surface area contributed by atoms with Crippen LogP contribution in [0, 0.1) is 11.8 Å². The Kier molecular flexibility index (Phi) is 6.68. The van der Waals surface area contributed by atoms with Gasteiger partial charge in [-0.3, -0.25) is 9.36 Å². The molecule has 5 nitrogen and oxygen atoms in total. The van der Waals surface area contributed by atoms with E-state index in [2.05, 4.69) is 41.1 Å². The summed E-state index contributed by atoms with van der Waals surface area (Å²) in [7, 11) is -3.26. The van der Waals surface area contributed by atoms with E-state index in [1.54, 1.807) is 48.2 Å². The van der Waals surface area contributed by atoms with E-state index in [-0.39, 0.29) is 10.5 Å². The minimum Gasteiger partial charge on any atom is -0.294 e. The van der Waals surface area contributed by atoms with Gasteiger partial charge in [0.25, 0.3) is 5.56 Å². The summed E-state index contributed by atoms with van der Waals surface area (Å²) in [4.78, 5) is 18.9. The molecular weight excluding hydrogens is 452 g/mol. The van der Waals surface area contributed by atoms with E-state index in [0.29, 0.717) is 23.9 Å². The molecular formula is C26H22N2O3S2. The second-order valence-corrected chi connectivity index (χ2v) is 10.5. The van der Waals surface area contributed by atoms with Gasteiger partial charge in [0.1, 0.15) is 0 Å². The number of thioether (sulfide) groups is 1. The van der Waals surface area contributed by atoms with Gasteiger partial charge < -0.3 is 0 Å². The second-order valence-electron chi connectivity index (χ2n) is 7.65. The highest BCUT2D eigenvalue weighted by molar-refractivity contribution is 7.98. The number of fused-ring (bicyclic) bond motifs is 1. The van der Waals surface area contributed by atoms with Crippen molar-refractivity contribution in [3.8, 4) is 11.8 Å². The first kappa shape index (κ1) is 22.8. The number of aromatic nitrogens is 2. The normalized spacial score (nSPS) is 11.2. The zero-order valence-corrected chi connectivity index (χ0v) is 19.9. The van der Waals surface area contributed by atoms with E-state index in [1.165, 1.54) is 22.0 Å². The third-order valence-electron chi connectivity index (χ3n) is 5.21. The van der Waals surface area contributed by atoms with Crippen molar-refractivity contribution < 1.29 is 8.42 Å². The summed E-state index contributed by atoms with van der Waals surface area (Å²) in [5.41, 5.74) is 3.17. The van der Waals surface area contributed by atoms with Crippen LogP contribution >= 0.6 is 11.8 Å². The molecule has 0 aliphatic rings. The van der Waals surface area contributed by atoms with Gasteiger partial charge in [0, 0.05) is 23.1 Å². The summed E-state index contributed by atoms with van der Waals surface area (Å²) in [6, 6.07) is 20.3. The van der Waals surface area contributed by atoms with Crippen molar-refractivity contribution >= 4 is 32.5 Å². The predicted octanol–water partition coefficient (Wildman–Crippen LogP) is 4.16. The van der Waals surface area contributed by atoms with E-state index >= 15 is 0 Å². The van der Waals surface area contributed by atoms with Gasteiger partial charge in [-0.05, 0) is 59.8 Å². The molecule has 0 spiro atoms. The third-order valence-corrected chi connectivity index (χ3v) is 7.08. The molecule has 0 saturated carbocycles. The highest BCUT2D eigenvalue weighted by Gasteiger charge is 2.08. The first-order valence-electron chi connectivity index (χ1n) is 10.2. The van der Waals surface area contributed by atoms with Gasteiger partial charge >= 0.3 is 0 Å². The summed E-state index contributed by atoms with van der Waals surface area (Å²) < 4.78 is 24.8. The van der Waals surface area contributed by atoms with Crippen LogP contribution in [-0.4, -0.2) is 30.5 Å². The summed E-state index contributed by atoms with van der Waals surface area (Å²) in [6.45, 7) is 0.299. The van der Waals surface area contributed by atoms with Crippen LogP contribution in [0.2, 0.25) is 0 Å². The lowest BCUT2D eigenvalue weighted by Gasteiger charge is -2.08. The standard InChI is InChI=1S/C26H22N2O3S2/c1-32-22-11-6-19(7-12-22)4-3-5-20-10-15-25-24(16-20)26(29)28(18-27-25)17-21-8-13-23(14-9-21)33(2,30)31/h6-16,18H,4,17H2,1-2H3. The van der Waals surface area contributed by atoms with Crippen molar-refractivity contribution in [3.63, 3.8) is 0 Å². The van der Waals surface area contributed by atoms with Crippen LogP contribution in [0.4, 0.5) is 0 Å². The minimum atomic E-state index is -3.26. The highest BCUT2D eigenvalue weighted by atomic mass is 32.2. The molecule has 4 rings (SSSR count). The fourth-order valence-electron chi connectivity index (χ4n) is 3.38. The summed E-state index contributed by atoms with van der Waals surface area (Å²) in [6.07, 6.45) is 5.36. The van der Waals surface area contributed by atoms with Crippen molar-refractivity contribution in [1.82, 2.24) is 9.55 Å². The maximum absolute atomic E-state index is 13.0. The first-order valence-corrected chi connectivity index (χ1v) is 13.3. The molecule has 3 aromatic carbocycles. The fourth-order valence-corrected chi connectivity index (χ4v) is 4.42. The molecule has 0 saturated heterocycles. The number of hydrogen-bond donors (Lipinski definition) is 0. The molecule has 0 fully saturated rings. The Morgan fingerprint density at radius 1 is 0.970 bits per heavy atom. The highest BCUT2D eigenvalue weighted by Crippen LogP contribution is 2.15. The van der Waals surface area contributed by atoms with Crippen LogP contribution in [0.5, 0.6) is 0 Å². The van der Waals surface area contributed by atoms with Crippen molar-refractivity contribution in [3.05, 3.63) is 100 Å². The van der Waals surface area contributed by atoms with Crippen molar-refractivity contribution in [1.29, 1.82) is 0 Å². The van der Waals surface area contributed by atoms with Crippen LogP contribution in [0.25, 0.3) is 10.9 Å². The Bertz CT molecular complexity index is 1530. The Hall–Kier alpha value is -3.34. The van der Waals surface area contributed by atoms with Crippen molar-refractivity contribution in [2.75, 3.05) is 12.5 Å². The van der Waals surface area contributed by atoms with Crippen LogP contribution in [-0.2, 0) is 22.8 Å². The first-order chi connectivity index (χ1) is 15.8. The van der Waals surface area contributed by atoms with E-state index < -0.39 is 9.84 Å². The molecule has 0 N–H and O–H groups in total. The van der Waals surface area contributed by atoms with E-state index in [1.807, 2.05) is 12.3 Å². The Balaban J connectivity index is 1.56. The summed E-state index contributed by atoms with van der Waals surface area (Å²) in [5, 5.41) is 0.501. The molecule has 1 heterocycles. The number of hydrogen-bond acceptors (Lipinski definition) is 5. The third kappa shape index (κ3) is 5.54. The average Bonchev–Trinajstić information content (AvgIpc) is 2.81. The molecule has 0 unspecified atom stereocenters. The van der Waals surface area contributed by atoms with Crippen LogP contribution < -0.4 is 5.56 Å². The lowest BCUT2D eigenvalue weighted by atomic mass is 10.1. The molecule has 166 valence electrons. The monoisotopic (exact) mass is 474 g/mol. The average molecular weight is 475 g/mol. The summed E-state index contributed by atoms with van der Waals surface area (Å²) in [5.74, 6) is 6.32. The SMILES string of the molecule is CSc1ccc(CC#Cc2ccc3ncn(Cc4ccc(S(C)(=O)=O)cc4)c(=O)c3c2)cc1. The van der Waals surface area contributed by atoms with Gasteiger partial charge in [0.05, 0.1) is 28.7 Å². The van der Waals surface area contributed by atoms with Crippen molar-refractivity contribution in [2.45, 2.75) is 22.8 Å². The number of nitrogens with zero attached hydrogens (tertiary/aromatic N) is 2. The number of sulfone groups is 1. The fraction of sp³-hybridized carbons (Fsp3) is 0.154. The smallest absolute Gasteiger partial charge is 0.261 e. The second kappa shape index (κ2) is 9.65. The molecule has 4 aromatic rings. The Labute approximate surface area is 197 Å². The maximum atomic E-state index is 13.0. The van der Waals surface area contributed by atoms with Crippen molar-refractivity contribution in [2.24, 2.45) is 0 Å². The Morgan fingerprint density at radius 2 is 1.67 bits per heavy atom. The molecule has 7 heteroatoms. The van der Waals surface area contributed by atoms with Gasteiger partial charge in [0.2, 0.25) is 0 Å². The molecule has 0 amide bonds. The van der Waals surface area contributed by atoms with Gasteiger partial charge in [0.15, 0.2) is 9.84 Å². The lowest BCUT2D eigenvalue weighted by molar-refractivity contribution is 0.602.